The van der Waals surface area contributed by atoms with Gasteiger partial charge in [-0.2, -0.15) is 0 Å². The molecule has 0 saturated heterocycles. The molecule has 3 aliphatic carbocycles. The zero-order chi connectivity index (χ0) is 39.6. The number of anilines is 3. The van der Waals surface area contributed by atoms with Gasteiger partial charge in [0.25, 0.3) is 0 Å². The molecule has 0 N–H and O–H groups in total. The maximum absolute atomic E-state index is 2.51. The van der Waals surface area contributed by atoms with E-state index in [4.69, 9.17) is 0 Å². The molecular weight excluding hydrogens is 699 g/mol. The average Bonchev–Trinajstić information content (AvgIpc) is 3.74. The zero-order valence-electron chi connectivity index (χ0n) is 34.2. The molecule has 0 radical (unpaired) electrons. The van der Waals surface area contributed by atoms with Crippen LogP contribution in [0.4, 0.5) is 17.1 Å². The van der Waals surface area contributed by atoms with E-state index in [2.05, 4.69) is 222 Å². The van der Waals surface area contributed by atoms with E-state index in [1.54, 1.807) is 0 Å². The van der Waals surface area contributed by atoms with Crippen LogP contribution in [0.5, 0.6) is 0 Å². The first kappa shape index (κ1) is 34.8. The van der Waals surface area contributed by atoms with Crippen molar-refractivity contribution < 1.29 is 0 Å². The van der Waals surface area contributed by atoms with E-state index in [1.165, 1.54) is 89.0 Å². The van der Waals surface area contributed by atoms with E-state index in [-0.39, 0.29) is 16.2 Å². The Morgan fingerprint density at radius 2 is 0.776 bits per heavy atom. The predicted octanol–water partition coefficient (Wildman–Crippen LogP) is 15.4. The van der Waals surface area contributed by atoms with Gasteiger partial charge < -0.3 is 4.90 Å². The summed E-state index contributed by atoms with van der Waals surface area (Å²) in [7, 11) is 0. The molecule has 0 unspecified atom stereocenters. The minimum absolute atomic E-state index is 0.0673. The molecule has 0 bridgehead atoms. The second-order valence-corrected chi connectivity index (χ2v) is 18.1. The van der Waals surface area contributed by atoms with Crippen LogP contribution in [0, 0.1) is 0 Å². The van der Waals surface area contributed by atoms with E-state index < -0.39 is 0 Å². The maximum atomic E-state index is 2.51. The molecule has 0 heterocycles. The fourth-order valence-corrected chi connectivity index (χ4v) is 10.9. The minimum atomic E-state index is -0.0864. The van der Waals surface area contributed by atoms with Crippen molar-refractivity contribution in [3.63, 3.8) is 0 Å². The second kappa shape index (κ2) is 12.3. The van der Waals surface area contributed by atoms with Gasteiger partial charge in [0.15, 0.2) is 0 Å². The van der Waals surface area contributed by atoms with Crippen LogP contribution in [0.15, 0.2) is 176 Å². The predicted molar refractivity (Wildman–Crippen MR) is 245 cm³/mol. The molecule has 0 amide bonds. The summed E-state index contributed by atoms with van der Waals surface area (Å²) in [5.41, 5.74) is 24.5. The van der Waals surface area contributed by atoms with Gasteiger partial charge in [0.1, 0.15) is 0 Å². The molecule has 0 spiro atoms. The van der Waals surface area contributed by atoms with Crippen LogP contribution >= 0.6 is 0 Å². The van der Waals surface area contributed by atoms with Crippen LogP contribution in [0.1, 0.15) is 74.9 Å². The largest absolute Gasteiger partial charge is 0.310 e. The number of para-hydroxylation sites is 1. The standard InChI is InChI=1S/C57H47N/c1-55(2)48-25-12-8-20-41(48)46-35-39(30-32-50(46)55)58(38-18-15-17-36(33-38)37-29-31-42-40-19-7-11-24-47(40)57(5,6)52(42)34-37)53-28-14-10-21-43(53)44-23-16-27-51-54(44)45-22-9-13-26-49(45)56(51,3)4/h7-35H,1-6H3. The number of rotatable bonds is 5. The van der Waals surface area contributed by atoms with E-state index in [0.29, 0.717) is 0 Å². The summed E-state index contributed by atoms with van der Waals surface area (Å²) in [4.78, 5) is 2.51. The molecule has 1 nitrogen and oxygen atoms in total. The molecule has 280 valence electrons. The summed E-state index contributed by atoms with van der Waals surface area (Å²) in [5, 5.41) is 0. The lowest BCUT2D eigenvalue weighted by molar-refractivity contribution is 0.660. The Morgan fingerprint density at radius 3 is 1.52 bits per heavy atom. The molecule has 1 heteroatoms. The third-order valence-electron chi connectivity index (χ3n) is 13.9. The van der Waals surface area contributed by atoms with Crippen LogP contribution in [0.3, 0.4) is 0 Å². The fourth-order valence-electron chi connectivity index (χ4n) is 10.9. The van der Waals surface area contributed by atoms with Gasteiger partial charge in [-0.3, -0.25) is 0 Å². The Bertz CT molecular complexity index is 2990. The van der Waals surface area contributed by atoms with Crippen molar-refractivity contribution in [1.82, 2.24) is 0 Å². The minimum Gasteiger partial charge on any atom is -0.310 e. The van der Waals surface area contributed by atoms with Crippen LogP contribution in [-0.4, -0.2) is 0 Å². The van der Waals surface area contributed by atoms with Gasteiger partial charge in [0.2, 0.25) is 0 Å². The van der Waals surface area contributed by atoms with Gasteiger partial charge in [-0.1, -0.05) is 181 Å². The third kappa shape index (κ3) is 4.83. The summed E-state index contributed by atoms with van der Waals surface area (Å²) < 4.78 is 0. The first-order valence-corrected chi connectivity index (χ1v) is 20.8. The van der Waals surface area contributed by atoms with Gasteiger partial charge in [0.05, 0.1) is 5.69 Å². The monoisotopic (exact) mass is 745 g/mol. The van der Waals surface area contributed by atoms with Crippen LogP contribution in [-0.2, 0) is 16.2 Å². The van der Waals surface area contributed by atoms with Crippen LogP contribution in [0.25, 0.3) is 55.6 Å². The first-order chi connectivity index (χ1) is 28.0. The number of benzene rings is 8. The summed E-state index contributed by atoms with van der Waals surface area (Å²) in [6, 6.07) is 66.2. The lowest BCUT2D eigenvalue weighted by Gasteiger charge is -2.30. The second-order valence-electron chi connectivity index (χ2n) is 18.1. The van der Waals surface area contributed by atoms with Crippen LogP contribution in [0.2, 0.25) is 0 Å². The SMILES string of the molecule is CC1(C)c2ccccc2-c2cc(N(c3cccc(-c4ccc5c(c4)C(C)(C)c4ccccc4-5)c3)c3ccccc3-c3cccc4c3-c3ccccc3C4(C)C)ccc21. The van der Waals surface area contributed by atoms with Gasteiger partial charge in [0, 0.05) is 33.2 Å². The lowest BCUT2D eigenvalue weighted by Crippen LogP contribution is -2.16. The molecule has 8 aromatic rings. The van der Waals surface area contributed by atoms with Crippen molar-refractivity contribution in [2.45, 2.75) is 57.8 Å². The van der Waals surface area contributed by atoms with E-state index in [9.17, 15) is 0 Å². The normalized spacial score (nSPS) is 15.5. The molecule has 0 fully saturated rings. The van der Waals surface area contributed by atoms with Gasteiger partial charge in [-0.05, 0) is 120 Å². The molecule has 0 atom stereocenters. The number of fused-ring (bicyclic) bond motifs is 9. The van der Waals surface area contributed by atoms with E-state index >= 15 is 0 Å². The highest BCUT2D eigenvalue weighted by molar-refractivity contribution is 5.99. The molecule has 0 aromatic heterocycles. The molecule has 8 aromatic carbocycles. The average molecular weight is 746 g/mol. The van der Waals surface area contributed by atoms with E-state index in [1.807, 2.05) is 0 Å². The smallest absolute Gasteiger partial charge is 0.0540 e. The number of hydrogen-bond acceptors (Lipinski definition) is 1. The van der Waals surface area contributed by atoms with Gasteiger partial charge in [-0.15, -0.1) is 0 Å². The van der Waals surface area contributed by atoms with E-state index in [0.717, 1.165) is 17.1 Å². The summed E-state index contributed by atoms with van der Waals surface area (Å²) in [5.74, 6) is 0. The van der Waals surface area contributed by atoms with Gasteiger partial charge >= 0.3 is 0 Å². The van der Waals surface area contributed by atoms with Crippen molar-refractivity contribution in [2.75, 3.05) is 4.90 Å². The molecule has 0 saturated carbocycles. The Labute approximate surface area is 343 Å². The Hall–Kier alpha value is -6.44. The van der Waals surface area contributed by atoms with Crippen molar-refractivity contribution in [2.24, 2.45) is 0 Å². The summed E-state index contributed by atoms with van der Waals surface area (Å²) >= 11 is 0. The molecule has 58 heavy (non-hydrogen) atoms. The highest BCUT2D eigenvalue weighted by Gasteiger charge is 2.39. The Morgan fingerprint density at radius 1 is 0.293 bits per heavy atom. The van der Waals surface area contributed by atoms with Crippen molar-refractivity contribution in [3.05, 3.63) is 209 Å². The molecule has 11 rings (SSSR count). The van der Waals surface area contributed by atoms with Crippen molar-refractivity contribution in [1.29, 1.82) is 0 Å². The highest BCUT2D eigenvalue weighted by Crippen LogP contribution is 2.55. The van der Waals surface area contributed by atoms with Crippen molar-refractivity contribution >= 4 is 17.1 Å². The zero-order valence-corrected chi connectivity index (χ0v) is 34.2. The number of hydrogen-bond donors (Lipinski definition) is 0. The summed E-state index contributed by atoms with van der Waals surface area (Å²) in [6.07, 6.45) is 0. The van der Waals surface area contributed by atoms with Crippen LogP contribution < -0.4 is 4.90 Å². The lowest BCUT2D eigenvalue weighted by atomic mass is 9.81. The Balaban J connectivity index is 1.12. The highest BCUT2D eigenvalue weighted by atomic mass is 15.1. The first-order valence-electron chi connectivity index (χ1n) is 20.8. The quantitative estimate of drug-likeness (QED) is 0.170. The Kier molecular flexibility index (Phi) is 7.36. The molecular formula is C57H47N. The van der Waals surface area contributed by atoms with Crippen molar-refractivity contribution in [3.8, 4) is 55.6 Å². The third-order valence-corrected chi connectivity index (χ3v) is 13.9. The number of nitrogens with zero attached hydrogens (tertiary/aromatic N) is 1. The topological polar surface area (TPSA) is 3.24 Å². The molecule has 0 aliphatic heterocycles. The summed E-state index contributed by atoms with van der Waals surface area (Å²) in [6.45, 7) is 14.2. The fraction of sp³-hybridized carbons (Fsp3) is 0.158. The van der Waals surface area contributed by atoms with Gasteiger partial charge in [-0.25, -0.2) is 0 Å². The molecule has 3 aliphatic rings. The maximum Gasteiger partial charge on any atom is 0.0540 e.